The molecule has 0 radical (unpaired) electrons. The molecule has 3 heteroatoms. The summed E-state index contributed by atoms with van der Waals surface area (Å²) in [4.78, 5) is 11.0. The van der Waals surface area contributed by atoms with Crippen molar-refractivity contribution in [2.45, 2.75) is 13.8 Å². The second-order valence-corrected chi connectivity index (χ2v) is 3.77. The first-order valence-corrected chi connectivity index (χ1v) is 4.98. The Morgan fingerprint density at radius 2 is 1.81 bits per heavy atom. The van der Waals surface area contributed by atoms with Crippen LogP contribution in [0.4, 0.5) is 0 Å². The number of carboxylic acids is 1. The average molecular weight is 216 g/mol. The van der Waals surface area contributed by atoms with E-state index in [-0.39, 0.29) is 5.56 Å². The lowest BCUT2D eigenvalue weighted by Gasteiger charge is -1.99. The molecule has 0 aliphatic carbocycles. The fraction of sp³-hybridized carbons (Fsp3) is 0.154. The zero-order chi connectivity index (χ0) is 11.7. The minimum atomic E-state index is -0.965. The van der Waals surface area contributed by atoms with Crippen molar-refractivity contribution < 1.29 is 14.3 Å². The summed E-state index contributed by atoms with van der Waals surface area (Å²) >= 11 is 0. The van der Waals surface area contributed by atoms with E-state index in [0.29, 0.717) is 11.5 Å². The molecule has 0 atom stereocenters. The maximum atomic E-state index is 11.0. The molecule has 1 aromatic carbocycles. The van der Waals surface area contributed by atoms with Gasteiger partial charge < -0.3 is 9.52 Å². The van der Waals surface area contributed by atoms with Crippen molar-refractivity contribution in [1.82, 2.24) is 0 Å². The summed E-state index contributed by atoms with van der Waals surface area (Å²) in [6, 6.07) is 9.12. The van der Waals surface area contributed by atoms with Crippen LogP contribution in [0.25, 0.3) is 11.3 Å². The molecule has 16 heavy (non-hydrogen) atoms. The highest BCUT2D eigenvalue weighted by Crippen LogP contribution is 2.27. The highest BCUT2D eigenvalue weighted by Gasteiger charge is 2.16. The Morgan fingerprint density at radius 3 is 2.38 bits per heavy atom. The average Bonchev–Trinajstić information content (AvgIpc) is 2.61. The van der Waals surface area contributed by atoms with Crippen LogP contribution in [0.15, 0.2) is 34.7 Å². The third kappa shape index (κ3) is 1.84. The zero-order valence-corrected chi connectivity index (χ0v) is 9.15. The maximum Gasteiger partial charge on any atom is 0.339 e. The van der Waals surface area contributed by atoms with Crippen LogP contribution in [-0.4, -0.2) is 11.1 Å². The van der Waals surface area contributed by atoms with E-state index in [0.717, 1.165) is 11.1 Å². The number of hydrogen-bond donors (Lipinski definition) is 1. The van der Waals surface area contributed by atoms with Gasteiger partial charge in [-0.2, -0.15) is 0 Å². The molecule has 3 nitrogen and oxygen atoms in total. The summed E-state index contributed by atoms with van der Waals surface area (Å²) in [7, 11) is 0. The van der Waals surface area contributed by atoms with Crippen LogP contribution in [0.2, 0.25) is 0 Å². The summed E-state index contributed by atoms with van der Waals surface area (Å²) in [6.45, 7) is 3.72. The number of aryl methyl sites for hydroxylation is 2. The molecular formula is C13H12O3. The third-order valence-corrected chi connectivity index (χ3v) is 2.40. The molecule has 0 spiro atoms. The van der Waals surface area contributed by atoms with Gasteiger partial charge in [0.05, 0.1) is 0 Å². The van der Waals surface area contributed by atoms with Crippen LogP contribution in [0.1, 0.15) is 21.7 Å². The predicted molar refractivity (Wildman–Crippen MR) is 60.6 cm³/mol. The monoisotopic (exact) mass is 216 g/mol. The van der Waals surface area contributed by atoms with Crippen LogP contribution in [0.3, 0.4) is 0 Å². The number of rotatable bonds is 2. The van der Waals surface area contributed by atoms with Gasteiger partial charge in [0.2, 0.25) is 0 Å². The fourth-order valence-corrected chi connectivity index (χ4v) is 1.59. The summed E-state index contributed by atoms with van der Waals surface area (Å²) in [5.74, 6) is 0.0606. The summed E-state index contributed by atoms with van der Waals surface area (Å²) < 4.78 is 5.42. The molecule has 1 aromatic heterocycles. The third-order valence-electron chi connectivity index (χ3n) is 2.40. The fourth-order valence-electron chi connectivity index (χ4n) is 1.59. The van der Waals surface area contributed by atoms with E-state index in [4.69, 9.17) is 9.52 Å². The van der Waals surface area contributed by atoms with Crippen molar-refractivity contribution in [3.05, 3.63) is 47.2 Å². The molecule has 82 valence electrons. The normalized spacial score (nSPS) is 10.4. The van der Waals surface area contributed by atoms with Crippen LogP contribution >= 0.6 is 0 Å². The van der Waals surface area contributed by atoms with Crippen LogP contribution in [-0.2, 0) is 0 Å². The molecule has 0 fully saturated rings. The molecule has 0 aliphatic rings. The minimum absolute atomic E-state index is 0.210. The second kappa shape index (κ2) is 3.85. The van der Waals surface area contributed by atoms with Gasteiger partial charge in [0.25, 0.3) is 0 Å². The quantitative estimate of drug-likeness (QED) is 0.838. The van der Waals surface area contributed by atoms with Crippen molar-refractivity contribution in [2.75, 3.05) is 0 Å². The number of aromatic carboxylic acids is 1. The summed E-state index contributed by atoms with van der Waals surface area (Å²) in [6.07, 6.45) is 0. The van der Waals surface area contributed by atoms with Gasteiger partial charge in [0, 0.05) is 5.56 Å². The van der Waals surface area contributed by atoms with Gasteiger partial charge in [-0.25, -0.2) is 4.79 Å². The lowest BCUT2D eigenvalue weighted by atomic mass is 10.1. The maximum absolute atomic E-state index is 11.0. The van der Waals surface area contributed by atoms with Crippen LogP contribution < -0.4 is 0 Å². The first kappa shape index (κ1) is 10.5. The van der Waals surface area contributed by atoms with Gasteiger partial charge >= 0.3 is 5.97 Å². The van der Waals surface area contributed by atoms with E-state index in [1.165, 1.54) is 6.07 Å². The molecule has 0 aliphatic heterocycles. The predicted octanol–water partition coefficient (Wildman–Crippen LogP) is 3.26. The van der Waals surface area contributed by atoms with Crippen molar-refractivity contribution in [3.63, 3.8) is 0 Å². The van der Waals surface area contributed by atoms with Gasteiger partial charge in [-0.15, -0.1) is 0 Å². The minimum Gasteiger partial charge on any atom is -0.478 e. The van der Waals surface area contributed by atoms with E-state index < -0.39 is 5.97 Å². The van der Waals surface area contributed by atoms with Gasteiger partial charge in [-0.1, -0.05) is 29.8 Å². The lowest BCUT2D eigenvalue weighted by Crippen LogP contribution is -1.95. The number of carboxylic acid groups (broad SMARTS) is 1. The van der Waals surface area contributed by atoms with Crippen LogP contribution in [0.5, 0.6) is 0 Å². The largest absolute Gasteiger partial charge is 0.478 e. The first-order chi connectivity index (χ1) is 7.58. The molecule has 0 saturated carbocycles. The SMILES string of the molecule is Cc1ccc(-c2oc(C)cc2C(=O)O)cc1. The first-order valence-electron chi connectivity index (χ1n) is 4.98. The number of furan rings is 1. The van der Waals surface area contributed by atoms with E-state index in [2.05, 4.69) is 0 Å². The van der Waals surface area contributed by atoms with Crippen molar-refractivity contribution in [2.24, 2.45) is 0 Å². The highest BCUT2D eigenvalue weighted by molar-refractivity contribution is 5.94. The molecule has 0 saturated heterocycles. The Balaban J connectivity index is 2.55. The van der Waals surface area contributed by atoms with E-state index in [1.54, 1.807) is 6.92 Å². The number of carbonyl (C=O) groups is 1. The topological polar surface area (TPSA) is 50.4 Å². The standard InChI is InChI=1S/C13H12O3/c1-8-3-5-10(6-4-8)12-11(13(14)15)7-9(2)16-12/h3-7H,1-2H3,(H,14,15). The Hall–Kier alpha value is -2.03. The summed E-state index contributed by atoms with van der Waals surface area (Å²) in [5, 5.41) is 9.03. The van der Waals surface area contributed by atoms with Gasteiger partial charge in [0.15, 0.2) is 0 Å². The highest BCUT2D eigenvalue weighted by atomic mass is 16.4. The molecule has 0 bridgehead atoms. The smallest absolute Gasteiger partial charge is 0.339 e. The van der Waals surface area contributed by atoms with Gasteiger partial charge in [-0.3, -0.25) is 0 Å². The Bertz CT molecular complexity index is 521. The Labute approximate surface area is 93.3 Å². The number of hydrogen-bond acceptors (Lipinski definition) is 2. The molecule has 2 rings (SSSR count). The lowest BCUT2D eigenvalue weighted by molar-refractivity contribution is 0.0697. The second-order valence-electron chi connectivity index (χ2n) is 3.77. The van der Waals surface area contributed by atoms with E-state index >= 15 is 0 Å². The zero-order valence-electron chi connectivity index (χ0n) is 9.15. The van der Waals surface area contributed by atoms with E-state index in [9.17, 15) is 4.79 Å². The molecule has 1 N–H and O–H groups in total. The number of benzene rings is 1. The molecule has 1 heterocycles. The molecule has 2 aromatic rings. The Morgan fingerprint density at radius 1 is 1.19 bits per heavy atom. The van der Waals surface area contributed by atoms with Crippen molar-refractivity contribution in [3.8, 4) is 11.3 Å². The molecule has 0 unspecified atom stereocenters. The Kier molecular flexibility index (Phi) is 2.52. The van der Waals surface area contributed by atoms with Crippen molar-refractivity contribution >= 4 is 5.97 Å². The van der Waals surface area contributed by atoms with Crippen LogP contribution in [0, 0.1) is 13.8 Å². The van der Waals surface area contributed by atoms with Gasteiger partial charge in [-0.05, 0) is 19.9 Å². The molecular weight excluding hydrogens is 204 g/mol. The molecule has 0 amide bonds. The summed E-state index contributed by atoms with van der Waals surface area (Å²) in [5.41, 5.74) is 2.13. The van der Waals surface area contributed by atoms with Crippen molar-refractivity contribution in [1.29, 1.82) is 0 Å². The van der Waals surface area contributed by atoms with E-state index in [1.807, 2.05) is 31.2 Å². The van der Waals surface area contributed by atoms with Gasteiger partial charge in [0.1, 0.15) is 17.1 Å².